The molecule has 0 spiro atoms. The van der Waals surface area contributed by atoms with Gasteiger partial charge in [0, 0.05) is 37.6 Å². The molecule has 0 saturated carbocycles. The summed E-state index contributed by atoms with van der Waals surface area (Å²) < 4.78 is 10.9. The van der Waals surface area contributed by atoms with Crippen LogP contribution in [0.4, 0.5) is 5.69 Å². The van der Waals surface area contributed by atoms with E-state index in [0.29, 0.717) is 19.6 Å². The molecule has 0 aliphatic heterocycles. The van der Waals surface area contributed by atoms with Gasteiger partial charge in [0.2, 0.25) is 0 Å². The Morgan fingerprint density at radius 2 is 1.57 bits per heavy atom. The Labute approximate surface area is 128 Å². The smallest absolute Gasteiger partial charge is 0.0807 e. The van der Waals surface area contributed by atoms with Crippen LogP contribution in [0.2, 0.25) is 0 Å². The van der Waals surface area contributed by atoms with Crippen molar-refractivity contribution in [3.63, 3.8) is 0 Å². The van der Waals surface area contributed by atoms with E-state index in [-0.39, 0.29) is 0 Å². The Bertz CT molecular complexity index is 374. The number of hydrogen-bond acceptors (Lipinski definition) is 4. The zero-order chi connectivity index (χ0) is 15.5. The van der Waals surface area contributed by atoms with Gasteiger partial charge >= 0.3 is 0 Å². The van der Waals surface area contributed by atoms with Crippen LogP contribution in [0.5, 0.6) is 0 Å². The molecule has 21 heavy (non-hydrogen) atoms. The Kier molecular flexibility index (Phi) is 9.06. The van der Waals surface area contributed by atoms with E-state index in [1.807, 2.05) is 39.0 Å². The largest absolute Gasteiger partial charge is 0.388 e. The van der Waals surface area contributed by atoms with Gasteiger partial charge in [-0.25, -0.2) is 0 Å². The number of rotatable bonds is 11. The highest BCUT2D eigenvalue weighted by molar-refractivity contribution is 5.54. The molecule has 4 heteroatoms. The number of aliphatic hydroxyl groups excluding tert-OH is 1. The lowest BCUT2D eigenvalue weighted by Crippen LogP contribution is -2.32. The summed E-state index contributed by atoms with van der Waals surface area (Å²) >= 11 is 0. The number of ether oxygens (including phenoxy) is 2. The molecule has 0 aliphatic rings. The molecule has 0 bridgehead atoms. The van der Waals surface area contributed by atoms with Gasteiger partial charge in [-0.05, 0) is 26.3 Å². The molecule has 120 valence electrons. The van der Waals surface area contributed by atoms with Gasteiger partial charge in [-0.2, -0.15) is 0 Å². The molecule has 0 radical (unpaired) electrons. The lowest BCUT2D eigenvalue weighted by atomic mass is 10.0. The predicted octanol–water partition coefficient (Wildman–Crippen LogP) is 3.01. The van der Waals surface area contributed by atoms with Crippen LogP contribution < -0.4 is 4.90 Å². The lowest BCUT2D eigenvalue weighted by Gasteiger charge is -2.28. The second kappa shape index (κ2) is 10.6. The second-order valence-electron chi connectivity index (χ2n) is 4.86. The Morgan fingerprint density at radius 3 is 2.10 bits per heavy atom. The number of aliphatic hydroxyl groups is 1. The molecule has 0 heterocycles. The average molecular weight is 295 g/mol. The van der Waals surface area contributed by atoms with Crippen molar-refractivity contribution >= 4 is 5.69 Å². The SMILES string of the molecule is CCOCCN(CCOCC)c1ccccc1[C@@H](O)CC. The van der Waals surface area contributed by atoms with Gasteiger partial charge in [0.15, 0.2) is 0 Å². The third-order valence-corrected chi connectivity index (χ3v) is 3.44. The summed E-state index contributed by atoms with van der Waals surface area (Å²) in [6.07, 6.45) is 0.282. The maximum atomic E-state index is 10.2. The van der Waals surface area contributed by atoms with Crippen molar-refractivity contribution in [1.29, 1.82) is 0 Å². The van der Waals surface area contributed by atoms with Crippen LogP contribution in [-0.2, 0) is 9.47 Å². The molecule has 0 saturated heterocycles. The van der Waals surface area contributed by atoms with Gasteiger partial charge < -0.3 is 19.5 Å². The second-order valence-corrected chi connectivity index (χ2v) is 4.86. The first-order valence-corrected chi connectivity index (χ1v) is 7.91. The van der Waals surface area contributed by atoms with Gasteiger partial charge in [0.1, 0.15) is 0 Å². The molecule has 1 atom stereocenters. The van der Waals surface area contributed by atoms with Crippen molar-refractivity contribution < 1.29 is 14.6 Å². The standard InChI is InChI=1S/C17H29NO3/c1-4-17(19)15-9-7-8-10-16(15)18(11-13-20-5-2)12-14-21-6-3/h7-10,17,19H,4-6,11-14H2,1-3H3/t17-/m0/s1. The predicted molar refractivity (Wildman–Crippen MR) is 86.9 cm³/mol. The molecule has 0 fully saturated rings. The van der Waals surface area contributed by atoms with E-state index in [9.17, 15) is 5.11 Å². The van der Waals surface area contributed by atoms with E-state index < -0.39 is 6.10 Å². The van der Waals surface area contributed by atoms with Crippen molar-refractivity contribution in [2.75, 3.05) is 44.4 Å². The third-order valence-electron chi connectivity index (χ3n) is 3.44. The number of benzene rings is 1. The van der Waals surface area contributed by atoms with Crippen molar-refractivity contribution in [2.45, 2.75) is 33.3 Å². The van der Waals surface area contributed by atoms with Crippen LogP contribution in [0.25, 0.3) is 0 Å². The molecule has 1 aromatic carbocycles. The minimum absolute atomic E-state index is 0.428. The molecular formula is C17H29NO3. The zero-order valence-corrected chi connectivity index (χ0v) is 13.5. The van der Waals surface area contributed by atoms with Crippen LogP contribution in [0.1, 0.15) is 38.9 Å². The van der Waals surface area contributed by atoms with E-state index >= 15 is 0 Å². The molecule has 1 rings (SSSR count). The maximum absolute atomic E-state index is 10.2. The third kappa shape index (κ3) is 6.04. The molecule has 0 aromatic heterocycles. The zero-order valence-electron chi connectivity index (χ0n) is 13.5. The number of para-hydroxylation sites is 1. The summed E-state index contributed by atoms with van der Waals surface area (Å²) in [6, 6.07) is 8.04. The molecule has 0 aliphatic carbocycles. The topological polar surface area (TPSA) is 41.9 Å². The van der Waals surface area contributed by atoms with Crippen LogP contribution in [0.15, 0.2) is 24.3 Å². The normalized spacial score (nSPS) is 12.4. The van der Waals surface area contributed by atoms with E-state index in [2.05, 4.69) is 11.0 Å². The van der Waals surface area contributed by atoms with E-state index in [0.717, 1.165) is 37.6 Å². The summed E-state index contributed by atoms with van der Waals surface area (Å²) in [5.74, 6) is 0. The Morgan fingerprint density at radius 1 is 1.00 bits per heavy atom. The van der Waals surface area contributed by atoms with Crippen LogP contribution >= 0.6 is 0 Å². The fourth-order valence-corrected chi connectivity index (χ4v) is 2.27. The highest BCUT2D eigenvalue weighted by atomic mass is 16.5. The average Bonchev–Trinajstić information content (AvgIpc) is 2.53. The minimum atomic E-state index is -0.428. The Hall–Kier alpha value is -1.10. The minimum Gasteiger partial charge on any atom is -0.388 e. The van der Waals surface area contributed by atoms with Crippen LogP contribution in [-0.4, -0.2) is 44.6 Å². The maximum Gasteiger partial charge on any atom is 0.0807 e. The van der Waals surface area contributed by atoms with Gasteiger partial charge in [-0.15, -0.1) is 0 Å². The van der Waals surface area contributed by atoms with Gasteiger partial charge in [0.25, 0.3) is 0 Å². The lowest BCUT2D eigenvalue weighted by molar-refractivity contribution is 0.140. The van der Waals surface area contributed by atoms with E-state index in [4.69, 9.17) is 9.47 Å². The van der Waals surface area contributed by atoms with Crippen LogP contribution in [0, 0.1) is 0 Å². The summed E-state index contributed by atoms with van der Waals surface area (Å²) in [5, 5.41) is 10.2. The van der Waals surface area contributed by atoms with Gasteiger partial charge in [0.05, 0.1) is 19.3 Å². The summed E-state index contributed by atoms with van der Waals surface area (Å²) in [4.78, 5) is 2.24. The van der Waals surface area contributed by atoms with Crippen molar-refractivity contribution in [3.8, 4) is 0 Å². The van der Waals surface area contributed by atoms with Crippen molar-refractivity contribution in [3.05, 3.63) is 29.8 Å². The van der Waals surface area contributed by atoms with Gasteiger partial charge in [-0.3, -0.25) is 0 Å². The fraction of sp³-hybridized carbons (Fsp3) is 0.647. The van der Waals surface area contributed by atoms with Crippen molar-refractivity contribution in [1.82, 2.24) is 0 Å². The first-order valence-electron chi connectivity index (χ1n) is 7.91. The number of nitrogens with zero attached hydrogens (tertiary/aromatic N) is 1. The van der Waals surface area contributed by atoms with E-state index in [1.165, 1.54) is 0 Å². The van der Waals surface area contributed by atoms with Gasteiger partial charge in [-0.1, -0.05) is 25.1 Å². The van der Waals surface area contributed by atoms with Crippen LogP contribution in [0.3, 0.4) is 0 Å². The highest BCUT2D eigenvalue weighted by Gasteiger charge is 2.15. The molecule has 0 amide bonds. The molecule has 1 aromatic rings. The van der Waals surface area contributed by atoms with Crippen molar-refractivity contribution in [2.24, 2.45) is 0 Å². The number of hydrogen-bond donors (Lipinski definition) is 1. The summed E-state index contributed by atoms with van der Waals surface area (Å²) in [6.45, 7) is 10.4. The Balaban J connectivity index is 2.84. The molecule has 1 N–H and O–H groups in total. The summed E-state index contributed by atoms with van der Waals surface area (Å²) in [5.41, 5.74) is 2.05. The quantitative estimate of drug-likeness (QED) is 0.637. The molecule has 0 unspecified atom stereocenters. The molecule has 4 nitrogen and oxygen atoms in total. The molecular weight excluding hydrogens is 266 g/mol. The monoisotopic (exact) mass is 295 g/mol. The highest BCUT2D eigenvalue weighted by Crippen LogP contribution is 2.28. The number of anilines is 1. The fourth-order valence-electron chi connectivity index (χ4n) is 2.27. The summed E-state index contributed by atoms with van der Waals surface area (Å²) in [7, 11) is 0. The first-order chi connectivity index (χ1) is 10.2. The van der Waals surface area contributed by atoms with E-state index in [1.54, 1.807) is 0 Å². The first kappa shape index (κ1) is 18.0.